The van der Waals surface area contributed by atoms with E-state index in [9.17, 15) is 9.18 Å². The molecule has 0 radical (unpaired) electrons. The maximum absolute atomic E-state index is 15.4. The number of thiophene rings is 1. The number of carbonyl (C=O) groups is 1. The molecule has 2 saturated heterocycles. The molecule has 2 aromatic heterocycles. The number of benzene rings is 2. The normalized spacial score (nSPS) is 21.8. The van der Waals surface area contributed by atoms with Gasteiger partial charge in [0.05, 0.1) is 37.6 Å². The molecule has 0 bridgehead atoms. The first kappa shape index (κ1) is 28.3. The molecule has 226 valence electrons. The van der Waals surface area contributed by atoms with Crippen LogP contribution in [0.2, 0.25) is 5.02 Å². The van der Waals surface area contributed by atoms with Gasteiger partial charge in [0.1, 0.15) is 22.0 Å². The van der Waals surface area contributed by atoms with Gasteiger partial charge in [0, 0.05) is 44.7 Å². The van der Waals surface area contributed by atoms with Crippen LogP contribution in [0.3, 0.4) is 0 Å². The molecule has 9 nitrogen and oxygen atoms in total. The molecule has 0 unspecified atom stereocenters. The molecule has 43 heavy (non-hydrogen) atoms. The van der Waals surface area contributed by atoms with Gasteiger partial charge in [0.2, 0.25) is 0 Å². The number of piperazine rings is 1. The summed E-state index contributed by atoms with van der Waals surface area (Å²) in [5.74, 6) is -1.27. The van der Waals surface area contributed by atoms with Gasteiger partial charge in [0.15, 0.2) is 22.2 Å². The van der Waals surface area contributed by atoms with Gasteiger partial charge in [-0.3, -0.25) is 4.90 Å². The number of aromatic nitrogens is 2. The van der Waals surface area contributed by atoms with Gasteiger partial charge < -0.3 is 28.4 Å². The first-order valence-electron chi connectivity index (χ1n) is 14.1. The van der Waals surface area contributed by atoms with E-state index in [0.29, 0.717) is 59.7 Å². The Hall–Kier alpha value is -3.45. The molecule has 0 aliphatic carbocycles. The van der Waals surface area contributed by atoms with E-state index in [0.717, 1.165) is 42.4 Å². The number of anilines is 1. The molecule has 3 aliphatic heterocycles. The van der Waals surface area contributed by atoms with E-state index in [1.807, 2.05) is 22.8 Å². The van der Waals surface area contributed by atoms with Gasteiger partial charge >= 0.3 is 5.97 Å². The average molecular weight is 631 g/mol. The number of hydrogen-bond donors (Lipinski definition) is 0. The summed E-state index contributed by atoms with van der Waals surface area (Å²) in [6.45, 7) is 6.23. The van der Waals surface area contributed by atoms with Crippen LogP contribution in [0.4, 0.5) is 14.5 Å². The third kappa shape index (κ3) is 4.99. The number of esters is 1. The Bertz CT molecular complexity index is 1720. The lowest BCUT2D eigenvalue weighted by Crippen LogP contribution is -2.46. The van der Waals surface area contributed by atoms with Gasteiger partial charge in [-0.25, -0.2) is 18.6 Å². The van der Waals surface area contributed by atoms with Crippen LogP contribution in [0, 0.1) is 11.6 Å². The fraction of sp³-hybridized carbons (Fsp3) is 0.400. The minimum Gasteiger partial charge on any atom is -0.465 e. The van der Waals surface area contributed by atoms with Crippen LogP contribution in [0.15, 0.2) is 36.4 Å². The lowest BCUT2D eigenvalue weighted by atomic mass is 10.1. The zero-order valence-corrected chi connectivity index (χ0v) is 25.1. The van der Waals surface area contributed by atoms with Crippen molar-refractivity contribution in [2.45, 2.75) is 38.3 Å². The molecule has 5 heterocycles. The summed E-state index contributed by atoms with van der Waals surface area (Å²) < 4.78 is 54.9. The van der Waals surface area contributed by atoms with Crippen molar-refractivity contribution in [3.63, 3.8) is 0 Å². The highest BCUT2D eigenvalue weighted by molar-refractivity contribution is 7.20. The molecule has 2 aromatic carbocycles. The van der Waals surface area contributed by atoms with Crippen molar-refractivity contribution < 1.29 is 32.5 Å². The smallest absolute Gasteiger partial charge is 0.351 e. The predicted molar refractivity (Wildman–Crippen MR) is 157 cm³/mol. The quantitative estimate of drug-likeness (QED) is 0.245. The zero-order chi connectivity index (χ0) is 29.9. The number of methoxy groups -OCH3 is 1. The summed E-state index contributed by atoms with van der Waals surface area (Å²) in [7, 11) is 1.24. The van der Waals surface area contributed by atoms with Crippen molar-refractivity contribution in [1.82, 2.24) is 14.5 Å². The molecule has 0 saturated carbocycles. The van der Waals surface area contributed by atoms with Crippen molar-refractivity contribution >= 4 is 44.9 Å². The second-order valence-corrected chi connectivity index (χ2v) is 12.4. The fourth-order valence-electron chi connectivity index (χ4n) is 5.86. The second kappa shape index (κ2) is 10.9. The summed E-state index contributed by atoms with van der Waals surface area (Å²) >= 11 is 6.97. The standard InChI is InChI=1S/C30H29ClF2N4O5S/c1-30(19-7-6-17(31)14-20(19)32)41-22-5-3-4-21(26(22)42-30)36-11-9-35(10-12-36)16-23-34-28-25(37(23)15-18-8-13-40-18)24(33)27(43-28)29(38)39-2/h3-7,14,18H,8-13,15-16H2,1-2H3/t18-,30+/m0/s1. The molecule has 7 rings (SSSR count). The third-order valence-corrected chi connectivity index (χ3v) is 9.49. The maximum atomic E-state index is 15.4. The van der Waals surface area contributed by atoms with Gasteiger partial charge in [-0.05, 0) is 36.8 Å². The highest BCUT2D eigenvalue weighted by Gasteiger charge is 2.43. The van der Waals surface area contributed by atoms with Gasteiger partial charge in [-0.15, -0.1) is 11.3 Å². The van der Waals surface area contributed by atoms with E-state index in [1.54, 1.807) is 19.1 Å². The lowest BCUT2D eigenvalue weighted by Gasteiger charge is -2.36. The molecule has 2 fully saturated rings. The van der Waals surface area contributed by atoms with Crippen LogP contribution < -0.4 is 14.4 Å². The highest BCUT2D eigenvalue weighted by Crippen LogP contribution is 2.50. The molecular formula is C30H29ClF2N4O5S. The lowest BCUT2D eigenvalue weighted by molar-refractivity contribution is -0.0705. The molecule has 3 aliphatic rings. The molecule has 2 atom stereocenters. The van der Waals surface area contributed by atoms with E-state index in [1.165, 1.54) is 13.2 Å². The van der Waals surface area contributed by atoms with Crippen molar-refractivity contribution in [3.05, 3.63) is 69.3 Å². The first-order valence-corrected chi connectivity index (χ1v) is 15.2. The number of ether oxygens (including phenoxy) is 4. The van der Waals surface area contributed by atoms with Crippen LogP contribution in [0.5, 0.6) is 11.5 Å². The van der Waals surface area contributed by atoms with Crippen LogP contribution in [0.1, 0.15) is 34.4 Å². The number of halogens is 3. The third-order valence-electron chi connectivity index (χ3n) is 8.23. The summed E-state index contributed by atoms with van der Waals surface area (Å²) in [6, 6.07) is 10.1. The maximum Gasteiger partial charge on any atom is 0.351 e. The molecular weight excluding hydrogens is 602 g/mol. The van der Waals surface area contributed by atoms with Crippen molar-refractivity contribution in [3.8, 4) is 11.5 Å². The Morgan fingerprint density at radius 1 is 1.19 bits per heavy atom. The number of rotatable bonds is 7. The number of fused-ring (bicyclic) bond motifs is 2. The predicted octanol–water partition coefficient (Wildman–Crippen LogP) is 5.57. The molecule has 4 aromatic rings. The summed E-state index contributed by atoms with van der Waals surface area (Å²) in [4.78, 5) is 21.7. The number of imidazole rings is 1. The minimum absolute atomic E-state index is 0.0108. The van der Waals surface area contributed by atoms with Gasteiger partial charge in [0.25, 0.3) is 5.79 Å². The molecule has 13 heteroatoms. The Morgan fingerprint density at radius 2 is 1.98 bits per heavy atom. The molecule has 0 N–H and O–H groups in total. The minimum atomic E-state index is -1.33. The zero-order valence-electron chi connectivity index (χ0n) is 23.6. The molecule has 0 amide bonds. The second-order valence-electron chi connectivity index (χ2n) is 11.0. The molecule has 0 spiro atoms. The Labute approximate surface area is 255 Å². The summed E-state index contributed by atoms with van der Waals surface area (Å²) in [6.07, 6.45) is 0.882. The van der Waals surface area contributed by atoms with Crippen LogP contribution in [-0.4, -0.2) is 66.4 Å². The Balaban J connectivity index is 1.08. The van der Waals surface area contributed by atoms with Crippen LogP contribution in [-0.2, 0) is 28.4 Å². The fourth-order valence-corrected chi connectivity index (χ4v) is 7.01. The first-order chi connectivity index (χ1) is 20.7. The van der Waals surface area contributed by atoms with Gasteiger partial charge in [-0.1, -0.05) is 17.7 Å². The van der Waals surface area contributed by atoms with E-state index in [4.69, 9.17) is 35.5 Å². The monoisotopic (exact) mass is 630 g/mol. The van der Waals surface area contributed by atoms with Gasteiger partial charge in [-0.2, -0.15) is 0 Å². The SMILES string of the molecule is COC(=O)c1sc2nc(CN3CCN(c4cccc5c4O[C@](C)(c4ccc(Cl)cc4F)O5)CC3)n(C[C@@H]3CCO3)c2c1F. The number of nitrogens with zero attached hydrogens (tertiary/aromatic N) is 4. The topological polar surface area (TPSA) is 78.3 Å². The van der Waals surface area contributed by atoms with E-state index in [2.05, 4.69) is 9.80 Å². The Kier molecular flexibility index (Phi) is 7.19. The van der Waals surface area contributed by atoms with Crippen molar-refractivity contribution in [1.29, 1.82) is 0 Å². The Morgan fingerprint density at radius 3 is 2.67 bits per heavy atom. The number of para-hydroxylation sites is 1. The van der Waals surface area contributed by atoms with E-state index < -0.39 is 23.4 Å². The number of carbonyl (C=O) groups excluding carboxylic acids is 1. The van der Waals surface area contributed by atoms with E-state index in [-0.39, 0.29) is 16.5 Å². The van der Waals surface area contributed by atoms with Crippen molar-refractivity contribution in [2.75, 3.05) is 44.8 Å². The summed E-state index contributed by atoms with van der Waals surface area (Å²) in [5, 5.41) is 0.300. The van der Waals surface area contributed by atoms with E-state index >= 15 is 4.39 Å². The number of hydrogen-bond acceptors (Lipinski definition) is 9. The highest BCUT2D eigenvalue weighted by atomic mass is 35.5. The van der Waals surface area contributed by atoms with Crippen LogP contribution >= 0.6 is 22.9 Å². The average Bonchev–Trinajstić information content (AvgIpc) is 3.60. The largest absolute Gasteiger partial charge is 0.465 e. The van der Waals surface area contributed by atoms with Crippen LogP contribution in [0.25, 0.3) is 10.3 Å². The van der Waals surface area contributed by atoms with Crippen molar-refractivity contribution in [2.24, 2.45) is 0 Å². The summed E-state index contributed by atoms with van der Waals surface area (Å²) in [5.41, 5.74) is 1.46.